The minimum Gasteiger partial charge on any atom is -0.315 e. The van der Waals surface area contributed by atoms with Gasteiger partial charge in [0, 0.05) is 30.6 Å². The van der Waals surface area contributed by atoms with E-state index in [0.717, 1.165) is 30.8 Å². The molecule has 1 saturated heterocycles. The molecule has 2 rings (SSSR count). The first-order valence-corrected chi connectivity index (χ1v) is 9.68. The van der Waals surface area contributed by atoms with Gasteiger partial charge in [-0.15, -0.1) is 11.3 Å². The number of sulfonamides is 1. The summed E-state index contributed by atoms with van der Waals surface area (Å²) in [5.74, 6) is 0. The van der Waals surface area contributed by atoms with Crippen LogP contribution in [-0.2, 0) is 16.6 Å². The normalized spacial score (nSPS) is 22.3. The number of hydrogen-bond acceptors (Lipinski definition) is 5. The fraction of sp³-hybridized carbons (Fsp3) is 0.714. The summed E-state index contributed by atoms with van der Waals surface area (Å²) in [6.07, 6.45) is 1.74. The molecule has 1 fully saturated rings. The summed E-state index contributed by atoms with van der Waals surface area (Å²) in [4.78, 5) is 3.28. The molecule has 2 heterocycles. The van der Waals surface area contributed by atoms with Gasteiger partial charge >= 0.3 is 0 Å². The van der Waals surface area contributed by atoms with Crippen LogP contribution in [0.15, 0.2) is 16.3 Å². The lowest BCUT2D eigenvalue weighted by Crippen LogP contribution is -2.43. The molecular formula is C14H25N3O2S2. The van der Waals surface area contributed by atoms with E-state index >= 15 is 0 Å². The van der Waals surface area contributed by atoms with E-state index in [9.17, 15) is 8.42 Å². The molecule has 1 unspecified atom stereocenters. The number of hydrogen-bond donors (Lipinski definition) is 1. The second kappa shape index (κ2) is 7.19. The Hall–Kier alpha value is -0.470. The van der Waals surface area contributed by atoms with Crippen LogP contribution >= 0.6 is 11.3 Å². The maximum absolute atomic E-state index is 12.9. The van der Waals surface area contributed by atoms with Gasteiger partial charge < -0.3 is 10.2 Å². The lowest BCUT2D eigenvalue weighted by molar-refractivity contribution is 0.270. The third kappa shape index (κ3) is 3.84. The summed E-state index contributed by atoms with van der Waals surface area (Å²) in [5, 5.41) is 3.06. The molecule has 1 N–H and O–H groups in total. The molecule has 1 aromatic rings. The topological polar surface area (TPSA) is 52.7 Å². The number of thiophene rings is 1. The van der Waals surface area contributed by atoms with E-state index in [1.165, 1.54) is 11.3 Å². The van der Waals surface area contributed by atoms with Crippen LogP contribution in [0.25, 0.3) is 0 Å². The van der Waals surface area contributed by atoms with Crippen molar-refractivity contribution in [2.75, 3.05) is 33.7 Å². The number of nitrogens with one attached hydrogen (secondary N) is 1. The zero-order valence-electron chi connectivity index (χ0n) is 13.0. The Balaban J connectivity index is 2.27. The van der Waals surface area contributed by atoms with Crippen molar-refractivity contribution in [3.05, 3.63) is 17.0 Å². The van der Waals surface area contributed by atoms with E-state index in [1.54, 1.807) is 10.4 Å². The first kappa shape index (κ1) is 16.9. The van der Waals surface area contributed by atoms with Crippen LogP contribution in [0, 0.1) is 0 Å². The van der Waals surface area contributed by atoms with E-state index in [4.69, 9.17) is 0 Å². The van der Waals surface area contributed by atoms with Crippen molar-refractivity contribution >= 4 is 21.4 Å². The summed E-state index contributed by atoms with van der Waals surface area (Å²) in [5.41, 5.74) is 0. The predicted octanol–water partition coefficient (Wildman–Crippen LogP) is 1.57. The minimum atomic E-state index is -3.37. The van der Waals surface area contributed by atoms with Crippen molar-refractivity contribution in [1.29, 1.82) is 0 Å². The van der Waals surface area contributed by atoms with Gasteiger partial charge in [-0.1, -0.05) is 6.92 Å². The molecule has 5 nitrogen and oxygen atoms in total. The maximum atomic E-state index is 12.9. The Bertz CT molecular complexity index is 556. The fourth-order valence-corrected chi connectivity index (χ4v) is 5.98. The second-order valence-corrected chi connectivity index (χ2v) is 8.83. The Kier molecular flexibility index (Phi) is 5.79. The molecule has 0 radical (unpaired) electrons. The van der Waals surface area contributed by atoms with Crippen LogP contribution in [0.1, 0.15) is 24.6 Å². The van der Waals surface area contributed by atoms with Crippen molar-refractivity contribution in [3.8, 4) is 0 Å². The monoisotopic (exact) mass is 331 g/mol. The van der Waals surface area contributed by atoms with Crippen molar-refractivity contribution in [2.24, 2.45) is 0 Å². The first-order chi connectivity index (χ1) is 9.98. The SMILES string of the molecule is CCC1CN(C)CCCN1S(=O)(=O)c1ccc(CNC)s1. The van der Waals surface area contributed by atoms with Gasteiger partial charge in [0.05, 0.1) is 0 Å². The molecular weight excluding hydrogens is 306 g/mol. The molecule has 0 spiro atoms. The highest BCUT2D eigenvalue weighted by molar-refractivity contribution is 7.91. The Labute approximate surface area is 132 Å². The van der Waals surface area contributed by atoms with Gasteiger partial charge in [0.1, 0.15) is 4.21 Å². The second-order valence-electron chi connectivity index (χ2n) is 5.54. The molecule has 1 aliphatic heterocycles. The maximum Gasteiger partial charge on any atom is 0.252 e. The lowest BCUT2D eigenvalue weighted by atomic mass is 10.2. The Morgan fingerprint density at radius 1 is 1.38 bits per heavy atom. The minimum absolute atomic E-state index is 0.0670. The number of nitrogens with zero attached hydrogens (tertiary/aromatic N) is 2. The zero-order valence-corrected chi connectivity index (χ0v) is 14.6. The largest absolute Gasteiger partial charge is 0.315 e. The summed E-state index contributed by atoms with van der Waals surface area (Å²) >= 11 is 1.37. The molecule has 1 aliphatic rings. The average Bonchev–Trinajstić information content (AvgIpc) is 2.82. The highest BCUT2D eigenvalue weighted by Gasteiger charge is 2.33. The zero-order chi connectivity index (χ0) is 15.5. The van der Waals surface area contributed by atoms with Crippen LogP contribution in [0.3, 0.4) is 0 Å². The van der Waals surface area contributed by atoms with E-state index < -0.39 is 10.0 Å². The molecule has 0 saturated carbocycles. The summed E-state index contributed by atoms with van der Waals surface area (Å²) in [7, 11) is 0.561. The first-order valence-electron chi connectivity index (χ1n) is 7.42. The van der Waals surface area contributed by atoms with Crippen molar-refractivity contribution in [2.45, 2.75) is 36.6 Å². The number of rotatable bonds is 5. The standard InChI is InChI=1S/C14H25N3O2S2/c1-4-12-11-16(3)8-5-9-17(12)21(18,19)14-7-6-13(20-14)10-15-2/h6-7,12,15H,4-5,8-11H2,1-3H3. The van der Waals surface area contributed by atoms with Crippen LogP contribution in [-0.4, -0.2) is 57.4 Å². The Morgan fingerprint density at radius 3 is 2.81 bits per heavy atom. The average molecular weight is 332 g/mol. The van der Waals surface area contributed by atoms with Gasteiger partial charge in [0.25, 0.3) is 10.0 Å². The predicted molar refractivity (Wildman–Crippen MR) is 87.2 cm³/mol. The Morgan fingerprint density at radius 2 is 2.14 bits per heavy atom. The smallest absolute Gasteiger partial charge is 0.252 e. The molecule has 0 bridgehead atoms. The molecule has 7 heteroatoms. The quantitative estimate of drug-likeness (QED) is 0.890. The van der Waals surface area contributed by atoms with Crippen molar-refractivity contribution in [3.63, 3.8) is 0 Å². The van der Waals surface area contributed by atoms with E-state index in [1.807, 2.05) is 13.1 Å². The van der Waals surface area contributed by atoms with E-state index in [-0.39, 0.29) is 6.04 Å². The third-order valence-electron chi connectivity index (χ3n) is 3.87. The molecule has 120 valence electrons. The van der Waals surface area contributed by atoms with Gasteiger partial charge in [-0.3, -0.25) is 0 Å². The van der Waals surface area contributed by atoms with Crippen LogP contribution in [0.2, 0.25) is 0 Å². The van der Waals surface area contributed by atoms with Crippen molar-refractivity contribution < 1.29 is 8.42 Å². The summed E-state index contributed by atoms with van der Waals surface area (Å²) < 4.78 is 28.0. The highest BCUT2D eigenvalue weighted by atomic mass is 32.2. The van der Waals surface area contributed by atoms with Crippen LogP contribution < -0.4 is 5.32 Å². The third-order valence-corrected chi connectivity index (χ3v) is 7.37. The van der Waals surface area contributed by atoms with Crippen LogP contribution in [0.5, 0.6) is 0 Å². The summed E-state index contributed by atoms with van der Waals surface area (Å²) in [6.45, 7) is 5.15. The van der Waals surface area contributed by atoms with Crippen molar-refractivity contribution in [1.82, 2.24) is 14.5 Å². The fourth-order valence-electron chi connectivity index (χ4n) is 2.75. The van der Waals surface area contributed by atoms with Gasteiger partial charge in [-0.25, -0.2) is 8.42 Å². The van der Waals surface area contributed by atoms with Gasteiger partial charge in [0.15, 0.2) is 0 Å². The summed E-state index contributed by atoms with van der Waals surface area (Å²) in [6, 6.07) is 3.71. The van der Waals surface area contributed by atoms with Gasteiger partial charge in [-0.2, -0.15) is 4.31 Å². The van der Waals surface area contributed by atoms with Crippen LogP contribution in [0.4, 0.5) is 0 Å². The molecule has 21 heavy (non-hydrogen) atoms. The van der Waals surface area contributed by atoms with E-state index in [2.05, 4.69) is 24.2 Å². The number of likely N-dealkylation sites (N-methyl/N-ethyl adjacent to an activating group) is 1. The van der Waals surface area contributed by atoms with Gasteiger partial charge in [0.2, 0.25) is 0 Å². The molecule has 0 aliphatic carbocycles. The molecule has 0 aromatic carbocycles. The lowest BCUT2D eigenvalue weighted by Gasteiger charge is -2.28. The molecule has 0 amide bonds. The van der Waals surface area contributed by atoms with E-state index in [0.29, 0.717) is 17.3 Å². The van der Waals surface area contributed by atoms with Gasteiger partial charge in [-0.05, 0) is 45.6 Å². The molecule has 1 aromatic heterocycles. The molecule has 1 atom stereocenters. The highest BCUT2D eigenvalue weighted by Crippen LogP contribution is 2.28.